The summed E-state index contributed by atoms with van der Waals surface area (Å²) in [7, 11) is 0. The molecule has 0 amide bonds. The molecule has 1 saturated carbocycles. The molecule has 0 bridgehead atoms. The average Bonchev–Trinajstić information content (AvgIpc) is 2.83. The molecule has 3 nitrogen and oxygen atoms in total. The summed E-state index contributed by atoms with van der Waals surface area (Å²) in [5, 5.41) is 0. The largest absolute Gasteiger partial charge is 0.330 e. The SMILES string of the molecule is CC1CCC(n2cncc2C(N)C(C)C)C1. The molecule has 1 aromatic heterocycles. The van der Waals surface area contributed by atoms with Gasteiger partial charge in [-0.25, -0.2) is 4.98 Å². The molecule has 0 aliphatic heterocycles. The van der Waals surface area contributed by atoms with Crippen LogP contribution in [0.1, 0.15) is 57.8 Å². The Morgan fingerprint density at radius 1 is 1.44 bits per heavy atom. The van der Waals surface area contributed by atoms with Gasteiger partial charge in [0.15, 0.2) is 0 Å². The summed E-state index contributed by atoms with van der Waals surface area (Å²) in [5.41, 5.74) is 7.43. The van der Waals surface area contributed by atoms with Crippen LogP contribution in [0.3, 0.4) is 0 Å². The third-order valence-corrected chi connectivity index (χ3v) is 3.82. The minimum absolute atomic E-state index is 0.110. The van der Waals surface area contributed by atoms with Crippen LogP contribution in [-0.2, 0) is 0 Å². The van der Waals surface area contributed by atoms with Gasteiger partial charge in [0.05, 0.1) is 12.0 Å². The van der Waals surface area contributed by atoms with Crippen molar-refractivity contribution in [2.24, 2.45) is 17.6 Å². The lowest BCUT2D eigenvalue weighted by Crippen LogP contribution is -2.21. The molecule has 1 aliphatic rings. The van der Waals surface area contributed by atoms with Gasteiger partial charge in [-0.3, -0.25) is 0 Å². The summed E-state index contributed by atoms with van der Waals surface area (Å²) >= 11 is 0. The zero-order valence-electron chi connectivity index (χ0n) is 10.6. The van der Waals surface area contributed by atoms with Crippen molar-refractivity contribution in [2.45, 2.75) is 52.1 Å². The van der Waals surface area contributed by atoms with E-state index in [0.717, 1.165) is 5.92 Å². The molecule has 3 atom stereocenters. The second-order valence-corrected chi connectivity index (χ2v) is 5.57. The Balaban J connectivity index is 2.19. The first-order valence-corrected chi connectivity index (χ1v) is 6.37. The van der Waals surface area contributed by atoms with E-state index < -0.39 is 0 Å². The predicted molar refractivity (Wildman–Crippen MR) is 66.0 cm³/mol. The molecule has 3 heteroatoms. The van der Waals surface area contributed by atoms with Crippen molar-refractivity contribution in [3.63, 3.8) is 0 Å². The lowest BCUT2D eigenvalue weighted by Gasteiger charge is -2.21. The highest BCUT2D eigenvalue weighted by Crippen LogP contribution is 2.36. The highest BCUT2D eigenvalue weighted by atomic mass is 15.1. The van der Waals surface area contributed by atoms with Gasteiger partial charge in [0.2, 0.25) is 0 Å². The van der Waals surface area contributed by atoms with E-state index in [1.54, 1.807) is 0 Å². The third-order valence-electron chi connectivity index (χ3n) is 3.82. The Morgan fingerprint density at radius 2 is 2.19 bits per heavy atom. The van der Waals surface area contributed by atoms with Crippen LogP contribution in [0.15, 0.2) is 12.5 Å². The highest BCUT2D eigenvalue weighted by molar-refractivity contribution is 5.07. The topological polar surface area (TPSA) is 43.8 Å². The maximum Gasteiger partial charge on any atom is 0.0951 e. The highest BCUT2D eigenvalue weighted by Gasteiger charge is 2.26. The molecule has 1 aromatic rings. The molecular weight excluding hydrogens is 198 g/mol. The lowest BCUT2D eigenvalue weighted by atomic mass is 10.0. The Bertz CT molecular complexity index is 343. The zero-order valence-corrected chi connectivity index (χ0v) is 10.6. The molecule has 3 unspecified atom stereocenters. The van der Waals surface area contributed by atoms with Crippen LogP contribution in [-0.4, -0.2) is 9.55 Å². The molecule has 90 valence electrons. The van der Waals surface area contributed by atoms with E-state index in [9.17, 15) is 0 Å². The number of nitrogens with two attached hydrogens (primary N) is 1. The second-order valence-electron chi connectivity index (χ2n) is 5.57. The fourth-order valence-electron chi connectivity index (χ4n) is 2.65. The van der Waals surface area contributed by atoms with Gasteiger partial charge >= 0.3 is 0 Å². The van der Waals surface area contributed by atoms with E-state index in [0.29, 0.717) is 12.0 Å². The first-order chi connectivity index (χ1) is 7.59. The lowest BCUT2D eigenvalue weighted by molar-refractivity contribution is 0.429. The van der Waals surface area contributed by atoms with Crippen molar-refractivity contribution < 1.29 is 0 Å². The Labute approximate surface area is 98.1 Å². The van der Waals surface area contributed by atoms with E-state index in [2.05, 4.69) is 30.3 Å². The van der Waals surface area contributed by atoms with Crippen LogP contribution in [0.4, 0.5) is 0 Å². The first kappa shape index (κ1) is 11.6. The summed E-state index contributed by atoms with van der Waals surface area (Å²) in [6, 6.07) is 0.732. The summed E-state index contributed by atoms with van der Waals surface area (Å²) in [6.07, 6.45) is 7.77. The molecule has 1 fully saturated rings. The standard InChI is InChI=1S/C13H23N3/c1-9(2)13(14)12-7-15-8-16(12)11-5-4-10(3)6-11/h7-11,13H,4-6,14H2,1-3H3. The van der Waals surface area contributed by atoms with Crippen LogP contribution in [0, 0.1) is 11.8 Å². The van der Waals surface area contributed by atoms with Crippen LogP contribution < -0.4 is 5.73 Å². The predicted octanol–water partition coefficient (Wildman–Crippen LogP) is 2.90. The molecule has 0 spiro atoms. The normalized spacial score (nSPS) is 27.6. The third kappa shape index (κ3) is 2.14. The number of rotatable bonds is 3. The minimum atomic E-state index is 0.110. The van der Waals surface area contributed by atoms with E-state index >= 15 is 0 Å². The summed E-state index contributed by atoms with van der Waals surface area (Å²) in [6.45, 7) is 6.66. The molecule has 16 heavy (non-hydrogen) atoms. The molecule has 1 aliphatic carbocycles. The molecule has 0 aromatic carbocycles. The Hall–Kier alpha value is -0.830. The van der Waals surface area contributed by atoms with Crippen molar-refractivity contribution >= 4 is 0 Å². The van der Waals surface area contributed by atoms with Gasteiger partial charge in [-0.2, -0.15) is 0 Å². The van der Waals surface area contributed by atoms with Gasteiger partial charge in [0.25, 0.3) is 0 Å². The Morgan fingerprint density at radius 3 is 2.75 bits per heavy atom. The second kappa shape index (κ2) is 4.58. The van der Waals surface area contributed by atoms with E-state index in [1.807, 2.05) is 12.5 Å². The quantitative estimate of drug-likeness (QED) is 0.853. The van der Waals surface area contributed by atoms with Gasteiger partial charge in [0.1, 0.15) is 0 Å². The van der Waals surface area contributed by atoms with Crippen LogP contribution in [0.25, 0.3) is 0 Å². The van der Waals surface area contributed by atoms with Gasteiger partial charge in [-0.15, -0.1) is 0 Å². The van der Waals surface area contributed by atoms with Crippen molar-refractivity contribution in [2.75, 3.05) is 0 Å². The number of hydrogen-bond acceptors (Lipinski definition) is 2. The van der Waals surface area contributed by atoms with E-state index in [1.165, 1.54) is 25.0 Å². The Kier molecular flexibility index (Phi) is 3.33. The summed E-state index contributed by atoms with van der Waals surface area (Å²) in [5.74, 6) is 1.31. The van der Waals surface area contributed by atoms with E-state index in [4.69, 9.17) is 5.73 Å². The van der Waals surface area contributed by atoms with Gasteiger partial charge in [-0.05, 0) is 31.1 Å². The molecule has 0 radical (unpaired) electrons. The number of imidazole rings is 1. The smallest absolute Gasteiger partial charge is 0.0951 e. The van der Waals surface area contributed by atoms with Crippen molar-refractivity contribution in [1.29, 1.82) is 0 Å². The minimum Gasteiger partial charge on any atom is -0.330 e. The van der Waals surface area contributed by atoms with Crippen molar-refractivity contribution in [3.8, 4) is 0 Å². The fourth-order valence-corrected chi connectivity index (χ4v) is 2.65. The van der Waals surface area contributed by atoms with Gasteiger partial charge in [-0.1, -0.05) is 20.8 Å². The van der Waals surface area contributed by atoms with Crippen molar-refractivity contribution in [3.05, 3.63) is 18.2 Å². The van der Waals surface area contributed by atoms with Crippen LogP contribution in [0.5, 0.6) is 0 Å². The average molecular weight is 221 g/mol. The molecular formula is C13H23N3. The van der Waals surface area contributed by atoms with Gasteiger partial charge in [0, 0.05) is 18.3 Å². The molecule has 0 saturated heterocycles. The fraction of sp³-hybridized carbons (Fsp3) is 0.769. The van der Waals surface area contributed by atoms with E-state index in [-0.39, 0.29) is 6.04 Å². The summed E-state index contributed by atoms with van der Waals surface area (Å²) in [4.78, 5) is 4.28. The molecule has 1 heterocycles. The summed E-state index contributed by atoms with van der Waals surface area (Å²) < 4.78 is 2.31. The van der Waals surface area contributed by atoms with Gasteiger partial charge < -0.3 is 10.3 Å². The number of aromatic nitrogens is 2. The number of nitrogens with zero attached hydrogens (tertiary/aromatic N) is 2. The zero-order chi connectivity index (χ0) is 11.7. The number of hydrogen-bond donors (Lipinski definition) is 1. The van der Waals surface area contributed by atoms with Crippen LogP contribution >= 0.6 is 0 Å². The van der Waals surface area contributed by atoms with Crippen LogP contribution in [0.2, 0.25) is 0 Å². The maximum absolute atomic E-state index is 6.22. The monoisotopic (exact) mass is 221 g/mol. The van der Waals surface area contributed by atoms with Crippen molar-refractivity contribution in [1.82, 2.24) is 9.55 Å². The maximum atomic E-state index is 6.22. The molecule has 2 rings (SSSR count). The molecule has 2 N–H and O–H groups in total. The first-order valence-electron chi connectivity index (χ1n) is 6.37.